The zero-order chi connectivity index (χ0) is 16.9. The largest absolute Gasteiger partial charge is 0.334 e. The summed E-state index contributed by atoms with van der Waals surface area (Å²) < 4.78 is 1.06. The Bertz CT molecular complexity index is 811. The maximum atomic E-state index is 12.1. The van der Waals surface area contributed by atoms with Crippen LogP contribution >= 0.6 is 11.3 Å². The first kappa shape index (κ1) is 16.4. The van der Waals surface area contributed by atoms with Gasteiger partial charge in [0.15, 0.2) is 5.13 Å². The molecule has 24 heavy (non-hydrogen) atoms. The number of urea groups is 1. The van der Waals surface area contributed by atoms with Gasteiger partial charge in [0.1, 0.15) is 0 Å². The van der Waals surface area contributed by atoms with E-state index in [0.717, 1.165) is 22.3 Å². The summed E-state index contributed by atoms with van der Waals surface area (Å²) in [5, 5.41) is 6.32. The Kier molecular flexibility index (Phi) is 5.08. The highest BCUT2D eigenvalue weighted by molar-refractivity contribution is 7.22. The van der Waals surface area contributed by atoms with Crippen LogP contribution in [0.1, 0.15) is 11.1 Å². The normalized spacial score (nSPS) is 11.0. The van der Waals surface area contributed by atoms with Gasteiger partial charge in [-0.15, -0.1) is 0 Å². The van der Waals surface area contributed by atoms with E-state index in [2.05, 4.69) is 26.6 Å². The molecular weight excluding hydrogens is 320 g/mol. The smallest absolute Gasteiger partial charge is 0.321 e. The number of aromatic nitrogens is 1. The van der Waals surface area contributed by atoms with Gasteiger partial charge in [-0.3, -0.25) is 5.32 Å². The van der Waals surface area contributed by atoms with Crippen LogP contribution in [0.2, 0.25) is 0 Å². The van der Waals surface area contributed by atoms with Crippen LogP contribution in [0.5, 0.6) is 0 Å². The van der Waals surface area contributed by atoms with Gasteiger partial charge < -0.3 is 10.2 Å². The van der Waals surface area contributed by atoms with Gasteiger partial charge in [-0.05, 0) is 37.4 Å². The topological polar surface area (TPSA) is 57.3 Å². The first-order valence-electron chi connectivity index (χ1n) is 7.74. The van der Waals surface area contributed by atoms with E-state index in [1.54, 1.807) is 0 Å². The highest BCUT2D eigenvalue weighted by Crippen LogP contribution is 2.25. The minimum atomic E-state index is -0.242. The number of amides is 2. The van der Waals surface area contributed by atoms with Crippen molar-refractivity contribution >= 4 is 32.7 Å². The predicted molar refractivity (Wildman–Crippen MR) is 99.3 cm³/mol. The van der Waals surface area contributed by atoms with Crippen molar-refractivity contribution in [2.45, 2.75) is 13.1 Å². The Balaban J connectivity index is 1.61. The monoisotopic (exact) mass is 340 g/mol. The molecule has 3 rings (SSSR count). The molecule has 124 valence electrons. The minimum Gasteiger partial charge on any atom is -0.334 e. The molecule has 6 heteroatoms. The van der Waals surface area contributed by atoms with Crippen molar-refractivity contribution < 1.29 is 4.79 Å². The van der Waals surface area contributed by atoms with Crippen LogP contribution in [0.15, 0.2) is 48.5 Å². The SMILES string of the molecule is CN(C)Cc1ccccc1CNC(=O)Nc1nc2ccccc2s1. The summed E-state index contributed by atoms with van der Waals surface area (Å²) in [6.07, 6.45) is 0. The summed E-state index contributed by atoms with van der Waals surface area (Å²) in [6, 6.07) is 15.7. The number of rotatable bonds is 5. The summed E-state index contributed by atoms with van der Waals surface area (Å²) >= 11 is 1.47. The third kappa shape index (κ3) is 4.10. The molecule has 0 spiro atoms. The van der Waals surface area contributed by atoms with Crippen LogP contribution in [0.3, 0.4) is 0 Å². The number of carbonyl (C=O) groups excluding carboxylic acids is 1. The van der Waals surface area contributed by atoms with E-state index >= 15 is 0 Å². The number of fused-ring (bicyclic) bond motifs is 1. The van der Waals surface area contributed by atoms with Crippen molar-refractivity contribution in [3.8, 4) is 0 Å². The lowest BCUT2D eigenvalue weighted by molar-refractivity contribution is 0.251. The summed E-state index contributed by atoms with van der Waals surface area (Å²) in [6.45, 7) is 1.33. The molecule has 0 aliphatic rings. The molecule has 0 saturated heterocycles. The fourth-order valence-corrected chi connectivity index (χ4v) is 3.33. The summed E-state index contributed by atoms with van der Waals surface area (Å²) in [5.41, 5.74) is 3.22. The van der Waals surface area contributed by atoms with Gasteiger partial charge in [0.25, 0.3) is 0 Å². The molecule has 2 N–H and O–H groups in total. The fraction of sp³-hybridized carbons (Fsp3) is 0.222. The number of para-hydroxylation sites is 1. The number of anilines is 1. The Morgan fingerprint density at radius 2 is 1.79 bits per heavy atom. The standard InChI is InChI=1S/C18H20N4OS/c1-22(2)12-14-8-4-3-7-13(14)11-19-17(23)21-18-20-15-9-5-6-10-16(15)24-18/h3-10H,11-12H2,1-2H3,(H2,19,20,21,23). The van der Waals surface area contributed by atoms with Crippen LogP contribution in [0.25, 0.3) is 10.2 Å². The average molecular weight is 340 g/mol. The molecule has 0 radical (unpaired) electrons. The van der Waals surface area contributed by atoms with Crippen molar-refractivity contribution in [1.29, 1.82) is 0 Å². The summed E-state index contributed by atoms with van der Waals surface area (Å²) in [4.78, 5) is 18.6. The number of carbonyl (C=O) groups is 1. The molecule has 1 heterocycles. The number of thiazole rings is 1. The number of benzene rings is 2. The van der Waals surface area contributed by atoms with E-state index in [1.807, 2.05) is 56.6 Å². The van der Waals surface area contributed by atoms with Crippen LogP contribution in [0, 0.1) is 0 Å². The van der Waals surface area contributed by atoms with E-state index < -0.39 is 0 Å². The molecule has 2 aromatic carbocycles. The second kappa shape index (κ2) is 7.42. The van der Waals surface area contributed by atoms with Crippen LogP contribution in [-0.4, -0.2) is 30.0 Å². The Morgan fingerprint density at radius 1 is 1.08 bits per heavy atom. The molecular formula is C18H20N4OS. The van der Waals surface area contributed by atoms with Crippen molar-refractivity contribution in [1.82, 2.24) is 15.2 Å². The van der Waals surface area contributed by atoms with Gasteiger partial charge >= 0.3 is 6.03 Å². The summed E-state index contributed by atoms with van der Waals surface area (Å²) in [5.74, 6) is 0. The van der Waals surface area contributed by atoms with Crippen molar-refractivity contribution in [3.05, 3.63) is 59.7 Å². The maximum absolute atomic E-state index is 12.1. The van der Waals surface area contributed by atoms with Gasteiger partial charge in [0.05, 0.1) is 10.2 Å². The number of nitrogens with zero attached hydrogens (tertiary/aromatic N) is 2. The van der Waals surface area contributed by atoms with Gasteiger partial charge in [-0.25, -0.2) is 9.78 Å². The van der Waals surface area contributed by atoms with Gasteiger partial charge in [0, 0.05) is 13.1 Å². The Hall–Kier alpha value is -2.44. The minimum absolute atomic E-state index is 0.242. The lowest BCUT2D eigenvalue weighted by atomic mass is 10.1. The maximum Gasteiger partial charge on any atom is 0.321 e. The zero-order valence-corrected chi connectivity index (χ0v) is 14.6. The van der Waals surface area contributed by atoms with E-state index in [-0.39, 0.29) is 6.03 Å². The number of nitrogens with one attached hydrogen (secondary N) is 2. The van der Waals surface area contributed by atoms with Crippen LogP contribution in [-0.2, 0) is 13.1 Å². The van der Waals surface area contributed by atoms with E-state index in [0.29, 0.717) is 11.7 Å². The second-order valence-corrected chi connectivity index (χ2v) is 6.83. The number of hydrogen-bond acceptors (Lipinski definition) is 4. The Morgan fingerprint density at radius 3 is 2.54 bits per heavy atom. The van der Waals surface area contributed by atoms with Crippen molar-refractivity contribution in [2.24, 2.45) is 0 Å². The number of hydrogen-bond donors (Lipinski definition) is 2. The molecule has 2 amide bonds. The van der Waals surface area contributed by atoms with Crippen LogP contribution in [0.4, 0.5) is 9.93 Å². The lowest BCUT2D eigenvalue weighted by Crippen LogP contribution is -2.28. The first-order chi connectivity index (χ1) is 11.6. The van der Waals surface area contributed by atoms with Gasteiger partial charge in [0.2, 0.25) is 0 Å². The Labute approximate surface area is 145 Å². The van der Waals surface area contributed by atoms with Crippen LogP contribution < -0.4 is 10.6 Å². The zero-order valence-electron chi connectivity index (χ0n) is 13.7. The summed E-state index contributed by atoms with van der Waals surface area (Å²) in [7, 11) is 4.06. The van der Waals surface area contributed by atoms with Gasteiger partial charge in [-0.1, -0.05) is 47.7 Å². The molecule has 0 saturated carbocycles. The lowest BCUT2D eigenvalue weighted by Gasteiger charge is -2.14. The highest BCUT2D eigenvalue weighted by atomic mass is 32.1. The molecule has 0 atom stereocenters. The van der Waals surface area contributed by atoms with E-state index in [1.165, 1.54) is 16.9 Å². The molecule has 0 aliphatic heterocycles. The van der Waals surface area contributed by atoms with E-state index in [4.69, 9.17) is 0 Å². The first-order valence-corrected chi connectivity index (χ1v) is 8.55. The van der Waals surface area contributed by atoms with E-state index in [9.17, 15) is 4.79 Å². The molecule has 0 unspecified atom stereocenters. The fourth-order valence-electron chi connectivity index (χ4n) is 2.47. The molecule has 3 aromatic rings. The molecule has 1 aromatic heterocycles. The molecule has 0 bridgehead atoms. The van der Waals surface area contributed by atoms with Crippen molar-refractivity contribution in [3.63, 3.8) is 0 Å². The third-order valence-corrected chi connectivity index (χ3v) is 4.51. The molecule has 0 fully saturated rings. The quantitative estimate of drug-likeness (QED) is 0.745. The third-order valence-electron chi connectivity index (χ3n) is 3.56. The highest BCUT2D eigenvalue weighted by Gasteiger charge is 2.08. The average Bonchev–Trinajstić information content (AvgIpc) is 2.95. The second-order valence-electron chi connectivity index (χ2n) is 5.80. The predicted octanol–water partition coefficient (Wildman–Crippen LogP) is 3.68. The van der Waals surface area contributed by atoms with Gasteiger partial charge in [-0.2, -0.15) is 0 Å². The molecule has 5 nitrogen and oxygen atoms in total. The molecule has 0 aliphatic carbocycles. The van der Waals surface area contributed by atoms with Crippen molar-refractivity contribution in [2.75, 3.05) is 19.4 Å².